The number of aromatic nitrogens is 3. The highest BCUT2D eigenvalue weighted by Gasteiger charge is 2.41. The zero-order chi connectivity index (χ0) is 15.5. The third-order valence-corrected chi connectivity index (χ3v) is 4.09. The van der Waals surface area contributed by atoms with Gasteiger partial charge < -0.3 is 14.2 Å². The Hall–Kier alpha value is -1.71. The summed E-state index contributed by atoms with van der Waals surface area (Å²) in [6, 6.07) is 0. The molecule has 9 nitrogen and oxygen atoms in total. The van der Waals surface area contributed by atoms with Gasteiger partial charge in [0.25, 0.3) is 0 Å². The number of epoxide rings is 3. The van der Waals surface area contributed by atoms with Crippen molar-refractivity contribution in [3.8, 4) is 0 Å². The van der Waals surface area contributed by atoms with Gasteiger partial charge >= 0.3 is 17.1 Å². The van der Waals surface area contributed by atoms with Crippen LogP contribution in [0.5, 0.6) is 0 Å². The number of nitrogens with zero attached hydrogens (tertiary/aromatic N) is 3. The molecule has 1 aromatic heterocycles. The first-order valence-corrected chi connectivity index (χ1v) is 7.28. The van der Waals surface area contributed by atoms with Gasteiger partial charge in [0.05, 0.1) is 51.7 Å². The van der Waals surface area contributed by atoms with Gasteiger partial charge in [-0.2, -0.15) is 0 Å². The summed E-state index contributed by atoms with van der Waals surface area (Å²) in [7, 11) is 0. The summed E-state index contributed by atoms with van der Waals surface area (Å²) in [6.45, 7) is 3.85. The van der Waals surface area contributed by atoms with E-state index in [1.165, 1.54) is 0 Å². The molecule has 0 N–H and O–H groups in total. The standard InChI is InChI=1S/C13H17N3O6/c1-13(7-22-13)6-16-11(18)14(2-8-4-20-8)10(17)15(12(16)19)3-9-5-21-9/h8-9H,2-7H2,1H3. The van der Waals surface area contributed by atoms with Crippen LogP contribution in [-0.4, -0.2) is 51.3 Å². The maximum atomic E-state index is 12.5. The van der Waals surface area contributed by atoms with E-state index in [9.17, 15) is 14.4 Å². The van der Waals surface area contributed by atoms with Gasteiger partial charge in [0.15, 0.2) is 0 Å². The third-order valence-electron chi connectivity index (χ3n) is 4.09. The fourth-order valence-electron chi connectivity index (χ4n) is 2.43. The molecule has 9 heteroatoms. The number of hydrogen-bond donors (Lipinski definition) is 0. The summed E-state index contributed by atoms with van der Waals surface area (Å²) < 4.78 is 18.7. The molecule has 0 radical (unpaired) electrons. The van der Waals surface area contributed by atoms with Crippen LogP contribution < -0.4 is 17.1 Å². The van der Waals surface area contributed by atoms with Crippen molar-refractivity contribution >= 4 is 0 Å². The molecule has 0 saturated carbocycles. The summed E-state index contributed by atoms with van der Waals surface area (Å²) in [4.78, 5) is 37.4. The first kappa shape index (κ1) is 13.9. The van der Waals surface area contributed by atoms with Crippen LogP contribution in [0.1, 0.15) is 6.92 Å². The molecule has 3 fully saturated rings. The SMILES string of the molecule is CC1(Cn2c(=O)n(CC3CO3)c(=O)n(CC3CO3)c2=O)CO1. The van der Waals surface area contributed by atoms with Crippen molar-refractivity contribution in [3.63, 3.8) is 0 Å². The number of hydrogen-bond acceptors (Lipinski definition) is 6. The van der Waals surface area contributed by atoms with Crippen LogP contribution in [0.4, 0.5) is 0 Å². The molecule has 0 aliphatic carbocycles. The van der Waals surface area contributed by atoms with Crippen LogP contribution in [0.15, 0.2) is 14.4 Å². The predicted molar refractivity (Wildman–Crippen MR) is 73.1 cm³/mol. The van der Waals surface area contributed by atoms with E-state index in [1.54, 1.807) is 0 Å². The van der Waals surface area contributed by atoms with Gasteiger partial charge in [-0.3, -0.25) is 0 Å². The largest absolute Gasteiger partial charge is 0.371 e. The molecule has 0 spiro atoms. The van der Waals surface area contributed by atoms with Crippen molar-refractivity contribution in [1.82, 2.24) is 13.7 Å². The molecule has 3 atom stereocenters. The Labute approximate surface area is 124 Å². The van der Waals surface area contributed by atoms with Gasteiger partial charge in [-0.1, -0.05) is 0 Å². The Kier molecular flexibility index (Phi) is 2.94. The van der Waals surface area contributed by atoms with Gasteiger partial charge in [-0.15, -0.1) is 0 Å². The van der Waals surface area contributed by atoms with Gasteiger partial charge in [0.2, 0.25) is 0 Å². The van der Waals surface area contributed by atoms with Gasteiger partial charge in [0.1, 0.15) is 5.60 Å². The van der Waals surface area contributed by atoms with Crippen LogP contribution in [-0.2, 0) is 33.8 Å². The zero-order valence-corrected chi connectivity index (χ0v) is 12.2. The first-order chi connectivity index (χ1) is 10.5. The van der Waals surface area contributed by atoms with E-state index in [0.717, 1.165) is 13.7 Å². The molecule has 3 unspecified atom stereocenters. The lowest BCUT2D eigenvalue weighted by Crippen LogP contribution is -2.56. The van der Waals surface area contributed by atoms with Crippen LogP contribution in [0.2, 0.25) is 0 Å². The molecule has 0 aromatic carbocycles. The minimum absolute atomic E-state index is 0.130. The third kappa shape index (κ3) is 2.55. The molecule has 0 bridgehead atoms. The van der Waals surface area contributed by atoms with Crippen molar-refractivity contribution in [3.05, 3.63) is 31.5 Å². The van der Waals surface area contributed by atoms with Crippen molar-refractivity contribution in [2.24, 2.45) is 0 Å². The van der Waals surface area contributed by atoms with Crippen molar-refractivity contribution < 1.29 is 14.2 Å². The summed E-state index contributed by atoms with van der Waals surface area (Å²) >= 11 is 0. The van der Waals surface area contributed by atoms with E-state index in [4.69, 9.17) is 14.2 Å². The highest BCUT2D eigenvalue weighted by Crippen LogP contribution is 2.26. The lowest BCUT2D eigenvalue weighted by Gasteiger charge is -2.14. The van der Waals surface area contributed by atoms with Crippen LogP contribution in [0.3, 0.4) is 0 Å². The van der Waals surface area contributed by atoms with E-state index in [0.29, 0.717) is 19.8 Å². The summed E-state index contributed by atoms with van der Waals surface area (Å²) in [5, 5.41) is 0. The normalized spacial score (nSPS) is 32.0. The lowest BCUT2D eigenvalue weighted by molar-refractivity contribution is 0.273. The lowest BCUT2D eigenvalue weighted by atomic mass is 10.2. The molecular formula is C13H17N3O6. The summed E-state index contributed by atoms with van der Waals surface area (Å²) in [5.74, 6) is 0. The molecule has 22 heavy (non-hydrogen) atoms. The van der Waals surface area contributed by atoms with E-state index in [1.807, 2.05) is 6.92 Å². The Bertz CT molecular complexity index is 726. The second-order valence-electron chi connectivity index (χ2n) is 6.30. The molecule has 4 rings (SSSR count). The Morgan fingerprint density at radius 2 is 1.36 bits per heavy atom. The van der Waals surface area contributed by atoms with E-state index >= 15 is 0 Å². The van der Waals surface area contributed by atoms with Crippen molar-refractivity contribution in [2.75, 3.05) is 19.8 Å². The molecule has 3 aliphatic rings. The summed E-state index contributed by atoms with van der Waals surface area (Å²) in [6.07, 6.45) is -0.260. The zero-order valence-electron chi connectivity index (χ0n) is 12.2. The van der Waals surface area contributed by atoms with Gasteiger partial charge in [0, 0.05) is 0 Å². The Morgan fingerprint density at radius 3 is 1.73 bits per heavy atom. The van der Waals surface area contributed by atoms with Gasteiger partial charge in [-0.25, -0.2) is 28.1 Å². The smallest absolute Gasteiger partial charge is 0.336 e. The minimum Gasteiger partial charge on any atom is -0.371 e. The average molecular weight is 311 g/mol. The van der Waals surface area contributed by atoms with Crippen LogP contribution >= 0.6 is 0 Å². The molecule has 3 aliphatic heterocycles. The minimum atomic E-state index is -0.602. The van der Waals surface area contributed by atoms with Crippen molar-refractivity contribution in [1.29, 1.82) is 0 Å². The molecule has 120 valence electrons. The average Bonchev–Trinajstić information content (AvgIpc) is 3.31. The topological polar surface area (TPSA) is 104 Å². The Morgan fingerprint density at radius 1 is 0.955 bits per heavy atom. The molecule has 0 amide bonds. The highest BCUT2D eigenvalue weighted by atomic mass is 16.6. The number of rotatable bonds is 6. The van der Waals surface area contributed by atoms with Crippen molar-refractivity contribution in [2.45, 2.75) is 44.4 Å². The Balaban J connectivity index is 1.82. The number of ether oxygens (including phenoxy) is 3. The quantitative estimate of drug-likeness (QED) is 0.550. The maximum absolute atomic E-state index is 12.5. The molecular weight excluding hydrogens is 294 g/mol. The first-order valence-electron chi connectivity index (χ1n) is 7.28. The second-order valence-corrected chi connectivity index (χ2v) is 6.30. The monoisotopic (exact) mass is 311 g/mol. The molecule has 1 aromatic rings. The summed E-state index contributed by atoms with van der Waals surface area (Å²) in [5.41, 5.74) is -2.31. The maximum Gasteiger partial charge on any atom is 0.336 e. The molecule has 4 heterocycles. The predicted octanol–water partition coefficient (Wildman–Crippen LogP) is -2.24. The van der Waals surface area contributed by atoms with E-state index in [2.05, 4.69) is 0 Å². The fraction of sp³-hybridized carbons (Fsp3) is 0.769. The van der Waals surface area contributed by atoms with Gasteiger partial charge in [-0.05, 0) is 6.92 Å². The van der Waals surface area contributed by atoms with E-state index < -0.39 is 22.7 Å². The molecule has 3 saturated heterocycles. The van der Waals surface area contributed by atoms with Crippen LogP contribution in [0.25, 0.3) is 0 Å². The highest BCUT2D eigenvalue weighted by molar-refractivity contribution is 4.91. The van der Waals surface area contributed by atoms with E-state index in [-0.39, 0.29) is 31.8 Å². The second kappa shape index (κ2) is 4.64. The fourth-order valence-corrected chi connectivity index (χ4v) is 2.43. The van der Waals surface area contributed by atoms with Crippen LogP contribution in [0, 0.1) is 0 Å².